The molecule has 0 aromatic heterocycles. The maximum Gasteiger partial charge on any atom is 0.0125 e. The number of likely N-dealkylation sites (tertiary alicyclic amines) is 3. The van der Waals surface area contributed by atoms with Crippen molar-refractivity contribution in [3.05, 3.63) is 0 Å². The zero-order valence-corrected chi connectivity index (χ0v) is 19.3. The lowest BCUT2D eigenvalue weighted by molar-refractivity contribution is 0.0391. The Morgan fingerprint density at radius 3 is 1.70 bits per heavy atom. The van der Waals surface area contributed by atoms with E-state index >= 15 is 0 Å². The highest BCUT2D eigenvalue weighted by atomic mass is 15.2. The van der Waals surface area contributed by atoms with Crippen LogP contribution < -0.4 is 0 Å². The third kappa shape index (κ3) is 5.93. The molecule has 0 saturated carbocycles. The molecule has 3 saturated heterocycles. The van der Waals surface area contributed by atoms with Crippen molar-refractivity contribution in [3.8, 4) is 0 Å². The van der Waals surface area contributed by atoms with Crippen molar-refractivity contribution in [3.63, 3.8) is 0 Å². The number of piperidine rings is 3. The van der Waals surface area contributed by atoms with Crippen LogP contribution in [0.5, 0.6) is 0 Å². The molecule has 0 unspecified atom stereocenters. The van der Waals surface area contributed by atoms with Crippen LogP contribution in [0.15, 0.2) is 0 Å². The van der Waals surface area contributed by atoms with Crippen molar-refractivity contribution in [2.45, 2.75) is 91.6 Å². The summed E-state index contributed by atoms with van der Waals surface area (Å²) in [5, 5.41) is 0. The van der Waals surface area contributed by atoms with E-state index in [1.165, 1.54) is 84.3 Å². The van der Waals surface area contributed by atoms with Crippen LogP contribution in [-0.4, -0.2) is 72.1 Å². The van der Waals surface area contributed by atoms with E-state index in [-0.39, 0.29) is 0 Å². The first kappa shape index (κ1) is 21.6. The van der Waals surface area contributed by atoms with Crippen molar-refractivity contribution in [1.29, 1.82) is 0 Å². The van der Waals surface area contributed by atoms with Gasteiger partial charge in [-0.2, -0.15) is 0 Å². The van der Waals surface area contributed by atoms with Gasteiger partial charge in [-0.05, 0) is 116 Å². The quantitative estimate of drug-likeness (QED) is 0.704. The molecule has 0 amide bonds. The summed E-state index contributed by atoms with van der Waals surface area (Å²) in [5.41, 5.74) is 0.849. The lowest BCUT2D eigenvalue weighted by atomic mass is 9.75. The Balaban J connectivity index is 1.35. The highest BCUT2D eigenvalue weighted by Gasteiger charge is 2.33. The lowest BCUT2D eigenvalue weighted by Crippen LogP contribution is -2.50. The first-order chi connectivity index (χ1) is 12.6. The Morgan fingerprint density at radius 2 is 1.22 bits per heavy atom. The summed E-state index contributed by atoms with van der Waals surface area (Å²) < 4.78 is 0. The van der Waals surface area contributed by atoms with Gasteiger partial charge >= 0.3 is 0 Å². The van der Waals surface area contributed by atoms with E-state index in [0.717, 1.165) is 17.9 Å². The van der Waals surface area contributed by atoms with E-state index in [1.807, 2.05) is 0 Å². The second-order valence-corrected chi connectivity index (χ2v) is 11.8. The predicted molar refractivity (Wildman–Crippen MR) is 117 cm³/mol. The van der Waals surface area contributed by atoms with E-state index in [4.69, 9.17) is 0 Å². The second-order valence-electron chi connectivity index (χ2n) is 11.8. The van der Waals surface area contributed by atoms with Crippen molar-refractivity contribution in [2.24, 2.45) is 17.3 Å². The van der Waals surface area contributed by atoms with E-state index in [1.54, 1.807) is 0 Å². The minimum atomic E-state index is 0.351. The Labute approximate surface area is 169 Å². The number of rotatable bonds is 3. The highest BCUT2D eigenvalue weighted by molar-refractivity contribution is 4.88. The fraction of sp³-hybridized carbons (Fsp3) is 1.00. The van der Waals surface area contributed by atoms with Gasteiger partial charge in [0.25, 0.3) is 0 Å². The molecular weight excluding hydrogens is 330 g/mol. The first-order valence-electron chi connectivity index (χ1n) is 11.8. The van der Waals surface area contributed by atoms with Gasteiger partial charge < -0.3 is 9.80 Å². The van der Waals surface area contributed by atoms with Gasteiger partial charge in [-0.25, -0.2) is 0 Å². The molecule has 0 N–H and O–H groups in total. The zero-order chi connectivity index (χ0) is 19.7. The Morgan fingerprint density at radius 1 is 0.667 bits per heavy atom. The highest BCUT2D eigenvalue weighted by Crippen LogP contribution is 2.35. The van der Waals surface area contributed by atoms with Gasteiger partial charge in [-0.1, -0.05) is 20.8 Å². The Kier molecular flexibility index (Phi) is 6.97. The van der Waals surface area contributed by atoms with E-state index in [0.29, 0.717) is 11.0 Å². The summed E-state index contributed by atoms with van der Waals surface area (Å²) in [7, 11) is 0. The van der Waals surface area contributed by atoms with Crippen molar-refractivity contribution in [2.75, 3.05) is 45.8 Å². The molecule has 3 rings (SSSR count). The number of hydrogen-bond donors (Lipinski definition) is 0. The van der Waals surface area contributed by atoms with E-state index < -0.39 is 0 Å². The van der Waals surface area contributed by atoms with Gasteiger partial charge in [0, 0.05) is 18.1 Å². The third-order valence-electron chi connectivity index (χ3n) is 7.91. The van der Waals surface area contributed by atoms with Gasteiger partial charge in [0.2, 0.25) is 0 Å². The van der Waals surface area contributed by atoms with Gasteiger partial charge in [0.15, 0.2) is 0 Å². The summed E-state index contributed by atoms with van der Waals surface area (Å²) in [6, 6.07) is 0.866. The largest absolute Gasteiger partial charge is 0.303 e. The SMILES string of the molecule is CC(C)(C)C1CCN(C2CCN(CC3CCN(C(C)(C)C)CC3)CC2)CC1. The third-order valence-corrected chi connectivity index (χ3v) is 7.91. The van der Waals surface area contributed by atoms with Crippen LogP contribution in [0, 0.1) is 17.3 Å². The summed E-state index contributed by atoms with van der Waals surface area (Å²) in [4.78, 5) is 8.30. The molecule has 158 valence electrons. The monoisotopic (exact) mass is 377 g/mol. The van der Waals surface area contributed by atoms with Crippen LogP contribution in [0.1, 0.15) is 80.1 Å². The lowest BCUT2D eigenvalue weighted by Gasteiger charge is -2.45. The molecule has 3 fully saturated rings. The first-order valence-corrected chi connectivity index (χ1v) is 11.8. The van der Waals surface area contributed by atoms with Crippen LogP contribution in [0.4, 0.5) is 0 Å². The van der Waals surface area contributed by atoms with Gasteiger partial charge in [0.05, 0.1) is 0 Å². The molecule has 3 heterocycles. The van der Waals surface area contributed by atoms with Crippen LogP contribution >= 0.6 is 0 Å². The molecule has 0 spiro atoms. The Bertz CT molecular complexity index is 437. The molecule has 27 heavy (non-hydrogen) atoms. The van der Waals surface area contributed by atoms with Gasteiger partial charge in [-0.3, -0.25) is 4.90 Å². The van der Waals surface area contributed by atoms with Crippen LogP contribution in [0.2, 0.25) is 0 Å². The molecule has 0 aromatic carbocycles. The summed E-state index contributed by atoms with van der Waals surface area (Å²) in [6.07, 6.45) is 8.43. The molecule has 3 aliphatic heterocycles. The maximum absolute atomic E-state index is 2.83. The summed E-state index contributed by atoms with van der Waals surface area (Å²) in [5.74, 6) is 1.86. The predicted octanol–water partition coefficient (Wildman–Crippen LogP) is 4.72. The second kappa shape index (κ2) is 8.71. The van der Waals surface area contributed by atoms with Crippen LogP contribution in [-0.2, 0) is 0 Å². The minimum Gasteiger partial charge on any atom is -0.303 e. The standard InChI is InChI=1S/C24H47N3/c1-23(2,3)21-9-15-26(16-10-21)22-11-13-25(14-12-22)19-20-7-17-27(18-8-20)24(4,5)6/h20-22H,7-19H2,1-6H3. The molecule has 3 heteroatoms. The summed E-state index contributed by atoms with van der Waals surface area (Å²) >= 11 is 0. The number of nitrogens with zero attached hydrogens (tertiary/aromatic N) is 3. The smallest absolute Gasteiger partial charge is 0.0125 e. The molecule has 0 radical (unpaired) electrons. The van der Waals surface area contributed by atoms with Crippen molar-refractivity contribution >= 4 is 0 Å². The molecule has 0 aromatic rings. The van der Waals surface area contributed by atoms with E-state index in [2.05, 4.69) is 56.2 Å². The van der Waals surface area contributed by atoms with Crippen LogP contribution in [0.25, 0.3) is 0 Å². The van der Waals surface area contributed by atoms with E-state index in [9.17, 15) is 0 Å². The normalized spacial score (nSPS) is 27.3. The number of hydrogen-bond acceptors (Lipinski definition) is 3. The molecule has 0 bridgehead atoms. The molecule has 3 nitrogen and oxygen atoms in total. The minimum absolute atomic E-state index is 0.351. The van der Waals surface area contributed by atoms with Gasteiger partial charge in [-0.15, -0.1) is 0 Å². The van der Waals surface area contributed by atoms with Crippen molar-refractivity contribution in [1.82, 2.24) is 14.7 Å². The fourth-order valence-electron chi connectivity index (χ4n) is 5.75. The maximum atomic E-state index is 2.83. The molecule has 0 atom stereocenters. The molecular formula is C24H47N3. The topological polar surface area (TPSA) is 9.72 Å². The molecule has 3 aliphatic rings. The van der Waals surface area contributed by atoms with Gasteiger partial charge in [0.1, 0.15) is 0 Å². The summed E-state index contributed by atoms with van der Waals surface area (Å²) in [6.45, 7) is 23.7. The average Bonchev–Trinajstić information content (AvgIpc) is 2.61. The average molecular weight is 378 g/mol. The van der Waals surface area contributed by atoms with Crippen LogP contribution in [0.3, 0.4) is 0 Å². The fourth-order valence-corrected chi connectivity index (χ4v) is 5.75. The zero-order valence-electron chi connectivity index (χ0n) is 19.3. The van der Waals surface area contributed by atoms with Crippen molar-refractivity contribution < 1.29 is 0 Å². The Hall–Kier alpha value is -0.120. The molecule has 0 aliphatic carbocycles.